The predicted octanol–water partition coefficient (Wildman–Crippen LogP) is 5.58. The monoisotopic (exact) mass is 551 g/mol. The van der Waals surface area contributed by atoms with Crippen LogP contribution in [0.1, 0.15) is 25.5 Å². The van der Waals surface area contributed by atoms with Crippen LogP contribution in [0.2, 0.25) is 0 Å². The minimum atomic E-state index is -5.05. The third kappa shape index (κ3) is 7.11. The first-order valence-corrected chi connectivity index (χ1v) is 11.7. The molecule has 0 saturated heterocycles. The van der Waals surface area contributed by atoms with Crippen molar-refractivity contribution in [2.75, 3.05) is 20.8 Å². The molecule has 0 aliphatic heterocycles. The third-order valence-electron chi connectivity index (χ3n) is 5.33. The van der Waals surface area contributed by atoms with E-state index >= 15 is 0 Å². The number of hydrogen-bond donors (Lipinski definition) is 1. The Hall–Kier alpha value is -3.36. The first kappa shape index (κ1) is 28.2. The Morgan fingerprint density at radius 3 is 2.46 bits per heavy atom. The van der Waals surface area contributed by atoms with E-state index < -0.39 is 37.3 Å². The second kappa shape index (κ2) is 11.4. The molecule has 1 N–H and O–H groups in total. The van der Waals surface area contributed by atoms with E-state index in [1.54, 1.807) is 23.0 Å². The van der Waals surface area contributed by atoms with Crippen LogP contribution in [-0.2, 0) is 6.54 Å². The van der Waals surface area contributed by atoms with Gasteiger partial charge in [0, 0.05) is 18.5 Å². The molecular formula is C22H23F6N5O3S. The Morgan fingerprint density at radius 2 is 1.86 bits per heavy atom. The summed E-state index contributed by atoms with van der Waals surface area (Å²) in [5.41, 5.74) is 3.43. The lowest BCUT2D eigenvalue weighted by atomic mass is 10.1. The molecule has 15 heteroatoms. The SMILES string of the molecule is CCN(Cc1cc(-c2cc3scnc3c(OC)n2)c(OC)cn1)C(=O)NC(CCC(F)(F)F)C(F)(F)F. The first-order valence-electron chi connectivity index (χ1n) is 10.9. The van der Waals surface area contributed by atoms with Gasteiger partial charge in [0.15, 0.2) is 0 Å². The van der Waals surface area contributed by atoms with E-state index in [4.69, 9.17) is 9.47 Å². The molecule has 3 aromatic rings. The number of urea groups is 1. The highest BCUT2D eigenvalue weighted by Crippen LogP contribution is 2.35. The fourth-order valence-electron chi connectivity index (χ4n) is 3.44. The Morgan fingerprint density at radius 1 is 1.14 bits per heavy atom. The summed E-state index contributed by atoms with van der Waals surface area (Å²) in [6.45, 7) is 1.27. The molecule has 0 aliphatic carbocycles. The summed E-state index contributed by atoms with van der Waals surface area (Å²) in [4.78, 5) is 26.5. The normalized spacial score (nSPS) is 12.9. The van der Waals surface area contributed by atoms with Crippen LogP contribution in [0.25, 0.3) is 21.5 Å². The number of carbonyl (C=O) groups is 1. The summed E-state index contributed by atoms with van der Waals surface area (Å²) in [5.74, 6) is 0.625. The zero-order valence-electron chi connectivity index (χ0n) is 19.9. The van der Waals surface area contributed by atoms with Crippen LogP contribution in [0.15, 0.2) is 23.8 Å². The molecule has 2 amide bonds. The average Bonchev–Trinajstić information content (AvgIpc) is 3.31. The van der Waals surface area contributed by atoms with Crippen LogP contribution in [0.5, 0.6) is 11.6 Å². The Balaban J connectivity index is 1.86. The van der Waals surface area contributed by atoms with Crippen LogP contribution in [0.4, 0.5) is 31.1 Å². The van der Waals surface area contributed by atoms with E-state index in [-0.39, 0.29) is 24.7 Å². The number of aromatic nitrogens is 3. The van der Waals surface area contributed by atoms with Crippen LogP contribution in [0.3, 0.4) is 0 Å². The number of ether oxygens (including phenoxy) is 2. The van der Waals surface area contributed by atoms with Crippen molar-refractivity contribution in [2.24, 2.45) is 0 Å². The number of pyridine rings is 2. The molecule has 3 heterocycles. The number of amides is 2. The first-order chi connectivity index (χ1) is 17.4. The highest BCUT2D eigenvalue weighted by molar-refractivity contribution is 7.16. The van der Waals surface area contributed by atoms with Gasteiger partial charge in [0.05, 0.1) is 48.6 Å². The number of rotatable bonds is 9. The number of fused-ring (bicyclic) bond motifs is 1. The third-order valence-corrected chi connectivity index (χ3v) is 6.11. The molecule has 1 atom stereocenters. The van der Waals surface area contributed by atoms with Gasteiger partial charge in [0.2, 0.25) is 5.88 Å². The zero-order chi connectivity index (χ0) is 27.4. The highest BCUT2D eigenvalue weighted by atomic mass is 32.1. The van der Waals surface area contributed by atoms with Gasteiger partial charge >= 0.3 is 18.4 Å². The minimum Gasteiger partial charge on any atom is -0.494 e. The van der Waals surface area contributed by atoms with Gasteiger partial charge in [0.1, 0.15) is 17.3 Å². The van der Waals surface area contributed by atoms with E-state index in [1.807, 2.05) is 0 Å². The number of carbonyl (C=O) groups excluding carboxylic acids is 1. The molecule has 0 saturated carbocycles. The summed E-state index contributed by atoms with van der Waals surface area (Å²) in [6.07, 6.45) is -11.5. The Bertz CT molecular complexity index is 1230. The summed E-state index contributed by atoms with van der Waals surface area (Å²) in [5, 5.41) is 1.68. The van der Waals surface area contributed by atoms with E-state index in [0.29, 0.717) is 22.5 Å². The summed E-state index contributed by atoms with van der Waals surface area (Å²) in [6, 6.07) is -0.500. The molecule has 37 heavy (non-hydrogen) atoms. The van der Waals surface area contributed by atoms with Crippen molar-refractivity contribution in [3.63, 3.8) is 0 Å². The molecule has 202 valence electrons. The van der Waals surface area contributed by atoms with Gasteiger partial charge in [-0.1, -0.05) is 0 Å². The standard InChI is InChI=1S/C22H23F6N5O3S/c1-4-33(20(34)32-17(22(26,27)28)5-6-21(23,24)25)10-12-7-13(15(35-2)9-29-12)14-8-16-18(30-11-37-16)19(31-14)36-3/h7-9,11,17H,4-6,10H2,1-3H3,(H,32,34). The molecule has 0 fully saturated rings. The fraction of sp³-hybridized carbons (Fsp3) is 0.455. The predicted molar refractivity (Wildman–Crippen MR) is 123 cm³/mol. The molecule has 0 aromatic carbocycles. The van der Waals surface area contributed by atoms with Gasteiger partial charge in [-0.2, -0.15) is 26.3 Å². The number of thiazole rings is 1. The quantitative estimate of drug-likeness (QED) is 0.350. The van der Waals surface area contributed by atoms with Crippen LogP contribution in [-0.4, -0.2) is 65.0 Å². The zero-order valence-corrected chi connectivity index (χ0v) is 20.7. The van der Waals surface area contributed by atoms with E-state index in [2.05, 4.69) is 15.0 Å². The lowest BCUT2D eigenvalue weighted by molar-refractivity contribution is -0.171. The molecule has 0 radical (unpaired) electrons. The van der Waals surface area contributed by atoms with Crippen LogP contribution >= 0.6 is 11.3 Å². The maximum absolute atomic E-state index is 13.3. The van der Waals surface area contributed by atoms with Crippen LogP contribution < -0.4 is 14.8 Å². The number of methoxy groups -OCH3 is 2. The van der Waals surface area contributed by atoms with Crippen molar-refractivity contribution in [1.29, 1.82) is 0 Å². The van der Waals surface area contributed by atoms with E-state index in [0.717, 1.165) is 9.60 Å². The molecule has 0 spiro atoms. The van der Waals surface area contributed by atoms with Gasteiger partial charge in [0.25, 0.3) is 0 Å². The average molecular weight is 552 g/mol. The summed E-state index contributed by atoms with van der Waals surface area (Å²) in [7, 11) is 2.87. The number of nitrogens with one attached hydrogen (secondary N) is 1. The molecule has 8 nitrogen and oxygen atoms in total. The van der Waals surface area contributed by atoms with E-state index in [9.17, 15) is 31.1 Å². The van der Waals surface area contributed by atoms with Gasteiger partial charge in [-0.3, -0.25) is 4.98 Å². The lowest BCUT2D eigenvalue weighted by Crippen LogP contribution is -2.50. The van der Waals surface area contributed by atoms with Crippen molar-refractivity contribution in [1.82, 2.24) is 25.2 Å². The summed E-state index contributed by atoms with van der Waals surface area (Å²) < 4.78 is 88.8. The van der Waals surface area contributed by atoms with Crippen molar-refractivity contribution >= 4 is 27.6 Å². The molecule has 3 rings (SSSR count). The topological polar surface area (TPSA) is 89.5 Å². The van der Waals surface area contributed by atoms with Gasteiger partial charge in [-0.05, 0) is 25.5 Å². The number of hydrogen-bond acceptors (Lipinski definition) is 7. The van der Waals surface area contributed by atoms with Crippen molar-refractivity contribution in [3.05, 3.63) is 29.5 Å². The second-order valence-electron chi connectivity index (χ2n) is 7.80. The highest BCUT2D eigenvalue weighted by Gasteiger charge is 2.43. The van der Waals surface area contributed by atoms with Crippen LogP contribution in [0, 0.1) is 0 Å². The molecular weight excluding hydrogens is 528 g/mol. The molecule has 1 unspecified atom stereocenters. The van der Waals surface area contributed by atoms with Crippen molar-refractivity contribution < 1.29 is 40.6 Å². The van der Waals surface area contributed by atoms with Gasteiger partial charge in [-0.15, -0.1) is 11.3 Å². The largest absolute Gasteiger partial charge is 0.494 e. The second-order valence-corrected chi connectivity index (χ2v) is 8.69. The Kier molecular flexibility index (Phi) is 8.66. The Labute approximate surface area is 211 Å². The smallest absolute Gasteiger partial charge is 0.408 e. The minimum absolute atomic E-state index is 0.0301. The van der Waals surface area contributed by atoms with E-state index in [1.165, 1.54) is 38.7 Å². The maximum atomic E-state index is 13.3. The maximum Gasteiger partial charge on any atom is 0.408 e. The summed E-state index contributed by atoms with van der Waals surface area (Å²) >= 11 is 1.36. The molecule has 3 aromatic heterocycles. The molecule has 0 aliphatic rings. The lowest BCUT2D eigenvalue weighted by Gasteiger charge is -2.27. The van der Waals surface area contributed by atoms with Crippen molar-refractivity contribution in [2.45, 2.75) is 44.7 Å². The fourth-order valence-corrected chi connectivity index (χ4v) is 4.14. The number of nitrogens with zero attached hydrogens (tertiary/aromatic N) is 4. The van der Waals surface area contributed by atoms with Crippen molar-refractivity contribution in [3.8, 4) is 22.9 Å². The number of halogens is 6. The number of alkyl halides is 6. The van der Waals surface area contributed by atoms with Gasteiger partial charge < -0.3 is 19.7 Å². The molecule has 0 bridgehead atoms. The van der Waals surface area contributed by atoms with Gasteiger partial charge in [-0.25, -0.2) is 14.8 Å².